The summed E-state index contributed by atoms with van der Waals surface area (Å²) in [5.74, 6) is -3.88. The van der Waals surface area contributed by atoms with Gasteiger partial charge in [-0.25, -0.2) is 0 Å². The molecule has 10 nitrogen and oxygen atoms in total. The lowest BCUT2D eigenvalue weighted by Crippen LogP contribution is -2.55. The van der Waals surface area contributed by atoms with Gasteiger partial charge in [-0.1, -0.05) is 30.1 Å². The van der Waals surface area contributed by atoms with Crippen LogP contribution in [-0.4, -0.2) is 69.8 Å². The zero-order valence-electron chi connectivity index (χ0n) is 17.3. The van der Waals surface area contributed by atoms with E-state index in [1.54, 1.807) is 6.92 Å². The molecule has 0 radical (unpaired) electrons. The summed E-state index contributed by atoms with van der Waals surface area (Å²) >= 11 is 11.8. The summed E-state index contributed by atoms with van der Waals surface area (Å²) in [7, 11) is 0. The maximum Gasteiger partial charge on any atom is 0.305 e. The van der Waals surface area contributed by atoms with Crippen LogP contribution in [0.1, 0.15) is 39.0 Å². The number of allylic oxidation sites excluding steroid dienone is 2. The number of carbonyl (C=O) groups is 5. The molecule has 176 valence electrons. The molecule has 32 heavy (non-hydrogen) atoms. The normalized spacial score (nSPS) is 22.6. The van der Waals surface area contributed by atoms with Crippen molar-refractivity contribution in [2.24, 2.45) is 5.92 Å². The van der Waals surface area contributed by atoms with Gasteiger partial charge >= 0.3 is 5.97 Å². The van der Waals surface area contributed by atoms with Gasteiger partial charge in [0.2, 0.25) is 17.7 Å². The Morgan fingerprint density at radius 2 is 1.94 bits per heavy atom. The van der Waals surface area contributed by atoms with E-state index in [2.05, 4.69) is 10.6 Å². The van der Waals surface area contributed by atoms with Crippen molar-refractivity contribution >= 4 is 53.2 Å². The zero-order chi connectivity index (χ0) is 24.0. The van der Waals surface area contributed by atoms with Crippen molar-refractivity contribution in [1.29, 1.82) is 0 Å². The van der Waals surface area contributed by atoms with E-state index in [9.17, 15) is 29.1 Å². The van der Waals surface area contributed by atoms with Crippen LogP contribution < -0.4 is 10.6 Å². The van der Waals surface area contributed by atoms with E-state index in [1.165, 1.54) is 11.0 Å². The standard InChI is InChI=1S/C20H25Cl2N3O7/c1-2-14(24-18(30)10-6-12(21)17(29)13(22)7-10)20(32)25-5-3-4-15(25)19(31)23-11(9-26)8-16(27)28/h6,9-11,14-15,29H,2-5,7-8H2,1H3,(H,23,31)(H,24,30)(H,27,28)/t10?,11?,14-,15-/m0/s1. The van der Waals surface area contributed by atoms with Crippen LogP contribution in [0.2, 0.25) is 0 Å². The van der Waals surface area contributed by atoms with Gasteiger partial charge in [0.1, 0.15) is 24.1 Å². The number of aldehydes is 1. The fourth-order valence-electron chi connectivity index (χ4n) is 3.62. The first-order chi connectivity index (χ1) is 15.1. The molecule has 2 aliphatic rings. The van der Waals surface area contributed by atoms with E-state index in [0.29, 0.717) is 19.1 Å². The highest BCUT2D eigenvalue weighted by Crippen LogP contribution is 2.32. The van der Waals surface area contributed by atoms with Gasteiger partial charge in [-0.15, -0.1) is 0 Å². The molecule has 0 saturated carbocycles. The second-order valence-corrected chi connectivity index (χ2v) is 8.45. The number of rotatable bonds is 9. The second kappa shape index (κ2) is 11.3. The highest BCUT2D eigenvalue weighted by molar-refractivity contribution is 6.35. The summed E-state index contributed by atoms with van der Waals surface area (Å²) < 4.78 is 0. The van der Waals surface area contributed by atoms with Gasteiger partial charge in [0.15, 0.2) is 0 Å². The van der Waals surface area contributed by atoms with Gasteiger partial charge in [-0.3, -0.25) is 19.2 Å². The molecular weight excluding hydrogens is 465 g/mol. The van der Waals surface area contributed by atoms with Crippen LogP contribution >= 0.6 is 23.2 Å². The monoisotopic (exact) mass is 489 g/mol. The molecular formula is C20H25Cl2N3O7. The minimum Gasteiger partial charge on any atom is -0.505 e. The average Bonchev–Trinajstić information content (AvgIpc) is 3.23. The van der Waals surface area contributed by atoms with Crippen LogP contribution in [0.15, 0.2) is 21.9 Å². The van der Waals surface area contributed by atoms with Crippen LogP contribution in [-0.2, 0) is 24.0 Å². The van der Waals surface area contributed by atoms with Crippen LogP contribution in [0.3, 0.4) is 0 Å². The summed E-state index contributed by atoms with van der Waals surface area (Å²) in [6.07, 6.45) is 2.30. The van der Waals surface area contributed by atoms with Crippen molar-refractivity contribution in [3.63, 3.8) is 0 Å². The Balaban J connectivity index is 2.05. The van der Waals surface area contributed by atoms with Gasteiger partial charge in [-0.2, -0.15) is 0 Å². The zero-order valence-corrected chi connectivity index (χ0v) is 18.9. The van der Waals surface area contributed by atoms with Gasteiger partial charge in [0, 0.05) is 13.0 Å². The number of hydrogen-bond acceptors (Lipinski definition) is 6. The molecule has 1 fully saturated rings. The van der Waals surface area contributed by atoms with Gasteiger partial charge in [0.25, 0.3) is 0 Å². The topological polar surface area (TPSA) is 153 Å². The van der Waals surface area contributed by atoms with E-state index in [0.717, 1.165) is 0 Å². The Morgan fingerprint density at radius 3 is 2.50 bits per heavy atom. The molecule has 12 heteroatoms. The number of aliphatic carboxylic acids is 1. The van der Waals surface area contributed by atoms with Crippen molar-refractivity contribution < 1.29 is 34.2 Å². The summed E-state index contributed by atoms with van der Waals surface area (Å²) in [5.41, 5.74) is 0. The third-order valence-electron chi connectivity index (χ3n) is 5.31. The van der Waals surface area contributed by atoms with Crippen LogP contribution in [0.4, 0.5) is 0 Å². The van der Waals surface area contributed by atoms with Gasteiger partial charge in [0.05, 0.1) is 28.4 Å². The van der Waals surface area contributed by atoms with Crippen LogP contribution in [0.5, 0.6) is 0 Å². The fraction of sp³-hybridized carbons (Fsp3) is 0.550. The summed E-state index contributed by atoms with van der Waals surface area (Å²) in [6, 6.07) is -2.98. The molecule has 2 unspecified atom stereocenters. The quantitative estimate of drug-likeness (QED) is 0.354. The molecule has 0 aromatic heterocycles. The van der Waals surface area contributed by atoms with Crippen molar-refractivity contribution in [2.45, 2.75) is 57.2 Å². The number of aliphatic hydroxyl groups is 1. The maximum atomic E-state index is 13.1. The van der Waals surface area contributed by atoms with Crippen molar-refractivity contribution in [2.75, 3.05) is 6.54 Å². The summed E-state index contributed by atoms with van der Waals surface area (Å²) in [4.78, 5) is 61.5. The van der Waals surface area contributed by atoms with E-state index in [-0.39, 0.29) is 35.2 Å². The Bertz CT molecular complexity index is 858. The number of nitrogens with zero attached hydrogens (tertiary/aromatic N) is 1. The Morgan fingerprint density at radius 1 is 1.25 bits per heavy atom. The Labute approximate surface area is 194 Å². The predicted molar refractivity (Wildman–Crippen MR) is 115 cm³/mol. The molecule has 1 aliphatic carbocycles. The highest BCUT2D eigenvalue weighted by atomic mass is 35.5. The van der Waals surface area contributed by atoms with Gasteiger partial charge < -0.3 is 30.5 Å². The number of aliphatic hydroxyl groups excluding tert-OH is 1. The van der Waals surface area contributed by atoms with Crippen molar-refractivity contribution in [1.82, 2.24) is 15.5 Å². The molecule has 0 aromatic carbocycles. The first-order valence-electron chi connectivity index (χ1n) is 10.1. The summed E-state index contributed by atoms with van der Waals surface area (Å²) in [6.45, 7) is 1.98. The lowest BCUT2D eigenvalue weighted by molar-refractivity contribution is -0.143. The fourth-order valence-corrected chi connectivity index (χ4v) is 4.21. The highest BCUT2D eigenvalue weighted by Gasteiger charge is 2.38. The minimum atomic E-state index is -1.24. The molecule has 4 atom stereocenters. The number of amides is 3. The Kier molecular flexibility index (Phi) is 9.09. The van der Waals surface area contributed by atoms with E-state index in [4.69, 9.17) is 28.3 Å². The molecule has 1 heterocycles. The number of carboxylic acids is 1. The maximum absolute atomic E-state index is 13.1. The van der Waals surface area contributed by atoms with E-state index >= 15 is 0 Å². The van der Waals surface area contributed by atoms with E-state index < -0.39 is 54.2 Å². The lowest BCUT2D eigenvalue weighted by atomic mass is 9.98. The second-order valence-electron chi connectivity index (χ2n) is 7.59. The molecule has 4 N–H and O–H groups in total. The number of carbonyl (C=O) groups excluding carboxylic acids is 4. The molecule has 0 aromatic rings. The molecule has 0 spiro atoms. The number of likely N-dealkylation sites (tertiary alicyclic amines) is 1. The summed E-state index contributed by atoms with van der Waals surface area (Å²) in [5, 5.41) is 23.5. The molecule has 0 bridgehead atoms. The molecule has 1 saturated heterocycles. The smallest absolute Gasteiger partial charge is 0.305 e. The Hall–Kier alpha value is -2.59. The van der Waals surface area contributed by atoms with Crippen LogP contribution in [0.25, 0.3) is 0 Å². The number of carboxylic acid groups (broad SMARTS) is 1. The molecule has 2 rings (SSSR count). The average molecular weight is 490 g/mol. The number of hydrogen-bond donors (Lipinski definition) is 4. The third-order valence-corrected chi connectivity index (χ3v) is 5.95. The molecule has 3 amide bonds. The third kappa shape index (κ3) is 6.23. The van der Waals surface area contributed by atoms with Crippen molar-refractivity contribution in [3.05, 3.63) is 21.9 Å². The van der Waals surface area contributed by atoms with Crippen LogP contribution in [0, 0.1) is 5.92 Å². The molecule has 1 aliphatic heterocycles. The predicted octanol–water partition coefficient (Wildman–Crippen LogP) is 1.18. The lowest BCUT2D eigenvalue weighted by Gasteiger charge is -2.29. The number of nitrogens with one attached hydrogen (secondary N) is 2. The first-order valence-corrected chi connectivity index (χ1v) is 10.9. The largest absolute Gasteiger partial charge is 0.505 e. The van der Waals surface area contributed by atoms with E-state index in [1.807, 2.05) is 0 Å². The SMILES string of the molecule is CC[C@H](NC(=O)C1C=C(Cl)C(O)=C(Cl)C1)C(=O)N1CCC[C@H]1C(=O)NC(C=O)CC(=O)O. The minimum absolute atomic E-state index is 0.0332. The number of halogens is 2. The van der Waals surface area contributed by atoms with Gasteiger partial charge in [-0.05, 0) is 25.3 Å². The first kappa shape index (κ1) is 25.7. The van der Waals surface area contributed by atoms with Crippen molar-refractivity contribution in [3.8, 4) is 0 Å².